The molecule has 0 amide bonds. The predicted molar refractivity (Wildman–Crippen MR) is 267 cm³/mol. The summed E-state index contributed by atoms with van der Waals surface area (Å²) in [5.74, 6) is 1.78. The van der Waals surface area contributed by atoms with Gasteiger partial charge in [0.05, 0.1) is 22.1 Å². The highest BCUT2D eigenvalue weighted by Crippen LogP contribution is 2.39. The van der Waals surface area contributed by atoms with Gasteiger partial charge in [-0.3, -0.25) is 4.57 Å². The summed E-state index contributed by atoms with van der Waals surface area (Å²) in [7, 11) is 0. The van der Waals surface area contributed by atoms with E-state index in [0.29, 0.717) is 17.6 Å². The van der Waals surface area contributed by atoms with Crippen LogP contribution in [0, 0.1) is 0 Å². The zero-order valence-corrected chi connectivity index (χ0v) is 34.9. The van der Waals surface area contributed by atoms with Crippen molar-refractivity contribution in [2.45, 2.75) is 0 Å². The van der Waals surface area contributed by atoms with E-state index >= 15 is 0 Å². The third kappa shape index (κ3) is 5.44. The van der Waals surface area contributed by atoms with Gasteiger partial charge in [0.15, 0.2) is 11.6 Å². The van der Waals surface area contributed by atoms with Gasteiger partial charge in [-0.1, -0.05) is 152 Å². The number of nitrogens with zero attached hydrogens (tertiary/aromatic N) is 5. The van der Waals surface area contributed by atoms with Crippen LogP contribution in [0.3, 0.4) is 0 Å². The molecule has 0 aliphatic rings. The van der Waals surface area contributed by atoms with Crippen LogP contribution in [0.5, 0.6) is 0 Å². The van der Waals surface area contributed by atoms with Gasteiger partial charge in [-0.05, 0) is 93.3 Å². The third-order valence-electron chi connectivity index (χ3n) is 13.2. The molecule has 14 aromatic rings. The lowest BCUT2D eigenvalue weighted by Crippen LogP contribution is -2.06. The van der Waals surface area contributed by atoms with Gasteiger partial charge in [0.25, 0.3) is 0 Å². The molecule has 0 aliphatic heterocycles. The molecule has 0 atom stereocenters. The van der Waals surface area contributed by atoms with Crippen molar-refractivity contribution in [1.29, 1.82) is 0 Å². The molecule has 65 heavy (non-hydrogen) atoms. The van der Waals surface area contributed by atoms with Crippen molar-refractivity contribution in [2.24, 2.45) is 0 Å². The molecule has 4 heterocycles. The second-order valence-corrected chi connectivity index (χ2v) is 16.8. The van der Waals surface area contributed by atoms with E-state index < -0.39 is 0 Å². The lowest BCUT2D eigenvalue weighted by molar-refractivity contribution is 0.669. The standard InChI is InChI=1S/C59H35N5O/c1-2-14-41-38(13-1)34-50(43-16-4-3-15-42(41)43)58-60-57(61-59(62-58)64-52-22-10-6-17-44(52)45-18-7-11-23-53(45)64)39-27-31-47-46-19-5-9-21-51(46)63(54(47)35-39)40-29-25-36(26-30-40)37-28-32-56-49(33-37)48-20-8-12-24-55(48)65-56/h1-35H. The van der Waals surface area contributed by atoms with Crippen molar-refractivity contribution in [2.75, 3.05) is 0 Å². The number of aromatic nitrogens is 5. The molecule has 0 aliphatic carbocycles. The van der Waals surface area contributed by atoms with Gasteiger partial charge >= 0.3 is 0 Å². The van der Waals surface area contributed by atoms with Crippen LogP contribution < -0.4 is 0 Å². The Hall–Kier alpha value is -8.87. The van der Waals surface area contributed by atoms with Crippen molar-refractivity contribution in [3.05, 3.63) is 212 Å². The Morgan fingerprint density at radius 3 is 1.58 bits per heavy atom. The molecule has 0 unspecified atom stereocenters. The van der Waals surface area contributed by atoms with Crippen molar-refractivity contribution in [3.8, 4) is 45.5 Å². The smallest absolute Gasteiger partial charge is 0.238 e. The second-order valence-electron chi connectivity index (χ2n) is 16.8. The van der Waals surface area contributed by atoms with Crippen LogP contribution in [-0.2, 0) is 0 Å². The highest BCUT2D eigenvalue weighted by molar-refractivity contribution is 6.14. The number of hydrogen-bond donors (Lipinski definition) is 0. The van der Waals surface area contributed by atoms with Gasteiger partial charge < -0.3 is 8.98 Å². The molecule has 10 aromatic carbocycles. The maximum atomic E-state index is 6.14. The first-order chi connectivity index (χ1) is 32.2. The Kier molecular flexibility index (Phi) is 7.59. The fraction of sp³-hybridized carbons (Fsp3) is 0. The van der Waals surface area contributed by atoms with Gasteiger partial charge in [0.2, 0.25) is 5.95 Å². The molecule has 0 saturated heterocycles. The zero-order chi connectivity index (χ0) is 42.6. The summed E-state index contributed by atoms with van der Waals surface area (Å²) < 4.78 is 10.7. The molecule has 0 bridgehead atoms. The number of benzene rings is 10. The lowest BCUT2D eigenvalue weighted by Gasteiger charge is -2.14. The van der Waals surface area contributed by atoms with E-state index in [1.807, 2.05) is 12.1 Å². The summed E-state index contributed by atoms with van der Waals surface area (Å²) >= 11 is 0. The minimum Gasteiger partial charge on any atom is -0.456 e. The Balaban J connectivity index is 0.978. The second kappa shape index (κ2) is 13.8. The first-order valence-corrected chi connectivity index (χ1v) is 21.9. The molecule has 0 radical (unpaired) electrons. The van der Waals surface area contributed by atoms with Gasteiger partial charge in [-0.2, -0.15) is 9.97 Å². The van der Waals surface area contributed by atoms with E-state index in [1.54, 1.807) is 0 Å². The molecule has 6 heteroatoms. The molecular weight excluding hydrogens is 795 g/mol. The van der Waals surface area contributed by atoms with Crippen molar-refractivity contribution < 1.29 is 4.42 Å². The largest absolute Gasteiger partial charge is 0.456 e. The van der Waals surface area contributed by atoms with Gasteiger partial charge in [-0.25, -0.2) is 4.98 Å². The molecular formula is C59H35N5O. The van der Waals surface area contributed by atoms with E-state index in [1.165, 1.54) is 10.8 Å². The summed E-state index contributed by atoms with van der Waals surface area (Å²) in [6, 6.07) is 75.1. The first-order valence-electron chi connectivity index (χ1n) is 21.9. The molecule has 14 rings (SSSR count). The number of para-hydroxylation sites is 4. The number of rotatable bonds is 5. The van der Waals surface area contributed by atoms with Gasteiger partial charge in [0.1, 0.15) is 11.2 Å². The van der Waals surface area contributed by atoms with Crippen LogP contribution in [0.15, 0.2) is 217 Å². The maximum Gasteiger partial charge on any atom is 0.238 e. The van der Waals surface area contributed by atoms with E-state index in [-0.39, 0.29) is 0 Å². The summed E-state index contributed by atoms with van der Waals surface area (Å²) in [4.78, 5) is 16.2. The average Bonchev–Trinajstić information content (AvgIpc) is 4.03. The summed E-state index contributed by atoms with van der Waals surface area (Å²) in [6.07, 6.45) is 0. The normalized spacial score (nSPS) is 12.0. The minimum atomic E-state index is 0.567. The number of fused-ring (bicyclic) bond motifs is 12. The quantitative estimate of drug-likeness (QED) is 0.162. The summed E-state index contributed by atoms with van der Waals surface area (Å²) in [6.45, 7) is 0. The molecule has 0 spiro atoms. The van der Waals surface area contributed by atoms with Crippen molar-refractivity contribution in [3.63, 3.8) is 0 Å². The fourth-order valence-electron chi connectivity index (χ4n) is 10.2. The monoisotopic (exact) mass is 829 g/mol. The van der Waals surface area contributed by atoms with Crippen molar-refractivity contribution >= 4 is 87.1 Å². The van der Waals surface area contributed by atoms with E-state index in [0.717, 1.165) is 104 Å². The van der Waals surface area contributed by atoms with Gasteiger partial charge in [0, 0.05) is 49.1 Å². The average molecular weight is 830 g/mol. The lowest BCUT2D eigenvalue weighted by atomic mass is 9.97. The molecule has 4 aromatic heterocycles. The van der Waals surface area contributed by atoms with Crippen LogP contribution in [0.1, 0.15) is 0 Å². The van der Waals surface area contributed by atoms with Gasteiger partial charge in [-0.15, -0.1) is 0 Å². The highest BCUT2D eigenvalue weighted by Gasteiger charge is 2.21. The van der Waals surface area contributed by atoms with Crippen LogP contribution in [0.2, 0.25) is 0 Å². The third-order valence-corrected chi connectivity index (χ3v) is 13.2. The first kappa shape index (κ1) is 35.7. The summed E-state index contributed by atoms with van der Waals surface area (Å²) in [5, 5.41) is 11.5. The van der Waals surface area contributed by atoms with Crippen molar-refractivity contribution in [1.82, 2.24) is 24.1 Å². The Morgan fingerprint density at radius 2 is 0.846 bits per heavy atom. The molecule has 0 saturated carbocycles. The maximum absolute atomic E-state index is 6.14. The van der Waals surface area contributed by atoms with Crippen LogP contribution in [0.25, 0.3) is 133 Å². The SMILES string of the molecule is c1ccc2c(c1)cc(-c1nc(-c3ccc4c5ccccc5n(-c5ccc(-c6ccc7oc8ccccc8c7c6)cc5)c4c3)nc(-n3c4ccccc4c4ccccc43)n1)c1ccccc12. The molecule has 0 N–H and O–H groups in total. The predicted octanol–water partition coefficient (Wildman–Crippen LogP) is 15.3. The van der Waals surface area contributed by atoms with Crippen LogP contribution in [0.4, 0.5) is 0 Å². The highest BCUT2D eigenvalue weighted by atomic mass is 16.3. The number of hydrogen-bond acceptors (Lipinski definition) is 4. The van der Waals surface area contributed by atoms with E-state index in [2.05, 4.69) is 209 Å². The zero-order valence-electron chi connectivity index (χ0n) is 34.9. The molecule has 302 valence electrons. The van der Waals surface area contributed by atoms with Crippen LogP contribution >= 0.6 is 0 Å². The molecule has 6 nitrogen and oxygen atoms in total. The van der Waals surface area contributed by atoms with E-state index in [4.69, 9.17) is 19.4 Å². The van der Waals surface area contributed by atoms with Crippen LogP contribution in [-0.4, -0.2) is 24.1 Å². The fourth-order valence-corrected chi connectivity index (χ4v) is 10.2. The molecule has 0 fully saturated rings. The Bertz CT molecular complexity index is 4200. The Labute approximate surface area is 371 Å². The topological polar surface area (TPSA) is 61.7 Å². The summed E-state index contributed by atoms with van der Waals surface area (Å²) in [5.41, 5.74) is 11.3. The minimum absolute atomic E-state index is 0.567. The van der Waals surface area contributed by atoms with E-state index in [9.17, 15) is 0 Å². The Morgan fingerprint density at radius 1 is 0.308 bits per heavy atom. The number of furan rings is 1.